The molecule has 0 spiro atoms. The van der Waals surface area contributed by atoms with E-state index < -0.39 is 10.0 Å². The van der Waals surface area contributed by atoms with Crippen molar-refractivity contribution >= 4 is 10.0 Å². The Morgan fingerprint density at radius 3 is 2.67 bits per heavy atom. The standard InChI is InChI=1S/C9H20N2O3S/c1-8(2)14-6-7-15(12,13)11-5-3-4-9(11)10/h8-9H,3-7,10H2,1-2H3. The molecule has 90 valence electrons. The Bertz CT molecular complexity index is 290. The second-order valence-corrected chi connectivity index (χ2v) is 6.10. The summed E-state index contributed by atoms with van der Waals surface area (Å²) in [5.41, 5.74) is 5.70. The van der Waals surface area contributed by atoms with Gasteiger partial charge in [-0.25, -0.2) is 8.42 Å². The SMILES string of the molecule is CC(C)OCCS(=O)(=O)N1CCCC1N. The van der Waals surface area contributed by atoms with Crippen molar-refractivity contribution in [2.45, 2.75) is 39.0 Å². The van der Waals surface area contributed by atoms with Crippen LogP contribution < -0.4 is 5.73 Å². The molecule has 1 heterocycles. The lowest BCUT2D eigenvalue weighted by molar-refractivity contribution is 0.0906. The molecule has 0 aliphatic carbocycles. The molecule has 1 atom stereocenters. The average molecular weight is 236 g/mol. The monoisotopic (exact) mass is 236 g/mol. The molecule has 0 amide bonds. The van der Waals surface area contributed by atoms with E-state index in [2.05, 4.69) is 0 Å². The maximum absolute atomic E-state index is 11.8. The Morgan fingerprint density at radius 2 is 2.20 bits per heavy atom. The van der Waals surface area contributed by atoms with Gasteiger partial charge in [-0.15, -0.1) is 0 Å². The minimum absolute atomic E-state index is 0.0267. The minimum Gasteiger partial charge on any atom is -0.378 e. The Hall–Kier alpha value is -0.170. The number of rotatable bonds is 5. The predicted octanol–water partition coefficient (Wildman–Crippen LogP) is 0.122. The summed E-state index contributed by atoms with van der Waals surface area (Å²) < 4.78 is 30.2. The molecule has 15 heavy (non-hydrogen) atoms. The summed E-state index contributed by atoms with van der Waals surface area (Å²) in [7, 11) is -3.22. The maximum atomic E-state index is 11.8. The molecule has 1 rings (SSSR count). The van der Waals surface area contributed by atoms with Gasteiger partial charge in [0.2, 0.25) is 10.0 Å². The van der Waals surface area contributed by atoms with E-state index in [9.17, 15) is 8.42 Å². The third-order valence-corrected chi connectivity index (χ3v) is 4.25. The highest BCUT2D eigenvalue weighted by atomic mass is 32.2. The fourth-order valence-electron chi connectivity index (χ4n) is 1.62. The van der Waals surface area contributed by atoms with Gasteiger partial charge in [-0.1, -0.05) is 0 Å². The van der Waals surface area contributed by atoms with E-state index in [1.165, 1.54) is 4.31 Å². The molecule has 1 aliphatic heterocycles. The smallest absolute Gasteiger partial charge is 0.217 e. The van der Waals surface area contributed by atoms with E-state index in [0.29, 0.717) is 6.54 Å². The Kier molecular flexibility index (Phi) is 4.51. The largest absolute Gasteiger partial charge is 0.378 e. The zero-order valence-corrected chi connectivity index (χ0v) is 10.2. The summed E-state index contributed by atoms with van der Waals surface area (Å²) in [6, 6.07) is 0. The highest BCUT2D eigenvalue weighted by Gasteiger charge is 2.31. The van der Waals surface area contributed by atoms with Crippen LogP contribution in [-0.4, -0.2) is 43.9 Å². The fraction of sp³-hybridized carbons (Fsp3) is 1.00. The minimum atomic E-state index is -3.22. The summed E-state index contributed by atoms with van der Waals surface area (Å²) in [4.78, 5) is 0. The van der Waals surface area contributed by atoms with Crippen molar-refractivity contribution in [2.24, 2.45) is 5.73 Å². The molecule has 1 fully saturated rings. The molecule has 1 aliphatic rings. The zero-order chi connectivity index (χ0) is 11.5. The van der Waals surface area contributed by atoms with Crippen LogP contribution in [0.4, 0.5) is 0 Å². The van der Waals surface area contributed by atoms with E-state index in [0.717, 1.165) is 12.8 Å². The third kappa shape index (κ3) is 3.71. The van der Waals surface area contributed by atoms with Crippen LogP contribution in [0, 0.1) is 0 Å². The maximum Gasteiger partial charge on any atom is 0.217 e. The summed E-state index contributed by atoms with van der Waals surface area (Å²) >= 11 is 0. The van der Waals surface area contributed by atoms with Crippen LogP contribution >= 0.6 is 0 Å². The first kappa shape index (κ1) is 12.9. The van der Waals surface area contributed by atoms with Gasteiger partial charge >= 0.3 is 0 Å². The quantitative estimate of drug-likeness (QED) is 0.736. The van der Waals surface area contributed by atoms with Gasteiger partial charge in [-0.3, -0.25) is 0 Å². The molecular weight excluding hydrogens is 216 g/mol. The van der Waals surface area contributed by atoms with E-state index in [-0.39, 0.29) is 24.6 Å². The molecular formula is C9H20N2O3S. The van der Waals surface area contributed by atoms with Gasteiger partial charge in [0.1, 0.15) is 0 Å². The molecule has 5 nitrogen and oxygen atoms in total. The highest BCUT2D eigenvalue weighted by molar-refractivity contribution is 7.89. The van der Waals surface area contributed by atoms with Crippen LogP contribution in [-0.2, 0) is 14.8 Å². The first-order valence-corrected chi connectivity index (χ1v) is 6.91. The van der Waals surface area contributed by atoms with Crippen molar-refractivity contribution in [3.05, 3.63) is 0 Å². The number of hydrogen-bond donors (Lipinski definition) is 1. The number of hydrogen-bond acceptors (Lipinski definition) is 4. The first-order chi connectivity index (χ1) is 6.93. The lowest BCUT2D eigenvalue weighted by Gasteiger charge is -2.20. The van der Waals surface area contributed by atoms with Gasteiger partial charge in [0, 0.05) is 6.54 Å². The molecule has 2 N–H and O–H groups in total. The van der Waals surface area contributed by atoms with Gasteiger partial charge < -0.3 is 10.5 Å². The van der Waals surface area contributed by atoms with E-state index in [1.807, 2.05) is 13.8 Å². The number of nitrogens with zero attached hydrogens (tertiary/aromatic N) is 1. The second kappa shape index (κ2) is 5.25. The van der Waals surface area contributed by atoms with Crippen molar-refractivity contribution in [2.75, 3.05) is 18.9 Å². The van der Waals surface area contributed by atoms with Crippen molar-refractivity contribution in [3.8, 4) is 0 Å². The molecule has 0 aromatic heterocycles. The van der Waals surface area contributed by atoms with Crippen LogP contribution in [0.25, 0.3) is 0 Å². The predicted molar refractivity (Wildman–Crippen MR) is 58.8 cm³/mol. The van der Waals surface area contributed by atoms with E-state index in [4.69, 9.17) is 10.5 Å². The molecule has 0 aromatic rings. The van der Waals surface area contributed by atoms with Gasteiger partial charge in [0.15, 0.2) is 0 Å². The summed E-state index contributed by atoms with van der Waals surface area (Å²) in [5.74, 6) is 0.0267. The van der Waals surface area contributed by atoms with Crippen molar-refractivity contribution in [1.82, 2.24) is 4.31 Å². The fourth-order valence-corrected chi connectivity index (χ4v) is 3.08. The van der Waals surface area contributed by atoms with Crippen molar-refractivity contribution in [1.29, 1.82) is 0 Å². The molecule has 1 saturated heterocycles. The number of ether oxygens (including phenoxy) is 1. The zero-order valence-electron chi connectivity index (χ0n) is 9.35. The third-order valence-electron chi connectivity index (χ3n) is 2.40. The average Bonchev–Trinajstić information content (AvgIpc) is 2.50. The van der Waals surface area contributed by atoms with Crippen LogP contribution in [0.15, 0.2) is 0 Å². The first-order valence-electron chi connectivity index (χ1n) is 5.30. The topological polar surface area (TPSA) is 72.6 Å². The van der Waals surface area contributed by atoms with Gasteiger partial charge in [0.05, 0.1) is 24.6 Å². The summed E-state index contributed by atoms with van der Waals surface area (Å²) in [6.45, 7) is 4.55. The van der Waals surface area contributed by atoms with Crippen LogP contribution in [0.1, 0.15) is 26.7 Å². The lowest BCUT2D eigenvalue weighted by atomic mass is 10.3. The summed E-state index contributed by atoms with van der Waals surface area (Å²) in [5, 5.41) is 0. The Labute approximate surface area is 91.6 Å². The van der Waals surface area contributed by atoms with E-state index >= 15 is 0 Å². The highest BCUT2D eigenvalue weighted by Crippen LogP contribution is 2.17. The Balaban J connectivity index is 2.44. The lowest BCUT2D eigenvalue weighted by Crippen LogP contribution is -2.42. The molecule has 0 saturated carbocycles. The van der Waals surface area contributed by atoms with Crippen molar-refractivity contribution in [3.63, 3.8) is 0 Å². The van der Waals surface area contributed by atoms with E-state index in [1.54, 1.807) is 0 Å². The Morgan fingerprint density at radius 1 is 1.53 bits per heavy atom. The van der Waals surface area contributed by atoms with Crippen molar-refractivity contribution < 1.29 is 13.2 Å². The second-order valence-electron chi connectivity index (χ2n) is 4.06. The number of sulfonamides is 1. The van der Waals surface area contributed by atoms with Crippen LogP contribution in [0.5, 0.6) is 0 Å². The van der Waals surface area contributed by atoms with Gasteiger partial charge in [-0.05, 0) is 26.7 Å². The molecule has 1 unspecified atom stereocenters. The van der Waals surface area contributed by atoms with Gasteiger partial charge in [-0.2, -0.15) is 4.31 Å². The molecule has 0 bridgehead atoms. The molecule has 0 radical (unpaired) electrons. The normalized spacial score (nSPS) is 23.9. The molecule has 6 heteroatoms. The molecule has 0 aromatic carbocycles. The van der Waals surface area contributed by atoms with Crippen LogP contribution in [0.2, 0.25) is 0 Å². The summed E-state index contributed by atoms with van der Waals surface area (Å²) in [6.07, 6.45) is 1.33. The van der Waals surface area contributed by atoms with Gasteiger partial charge in [0.25, 0.3) is 0 Å². The van der Waals surface area contributed by atoms with Crippen LogP contribution in [0.3, 0.4) is 0 Å². The number of nitrogens with two attached hydrogens (primary N) is 1.